The van der Waals surface area contributed by atoms with Gasteiger partial charge in [0.05, 0.1) is 0 Å². The first-order valence-electron chi connectivity index (χ1n) is 12.4. The number of para-hydroxylation sites is 2. The van der Waals surface area contributed by atoms with Crippen LogP contribution in [0, 0.1) is 30.8 Å². The maximum absolute atomic E-state index is 6.44. The molecule has 1 atom stereocenters. The Kier molecular flexibility index (Phi) is 8.90. The van der Waals surface area contributed by atoms with Gasteiger partial charge in [0, 0.05) is 17.6 Å². The van der Waals surface area contributed by atoms with E-state index in [1.54, 1.807) is 0 Å². The van der Waals surface area contributed by atoms with Gasteiger partial charge in [0.1, 0.15) is 11.5 Å². The smallest absolute Gasteiger partial charge is 0.384 e. The molecule has 1 aliphatic carbocycles. The van der Waals surface area contributed by atoms with Crippen LogP contribution in [0.3, 0.4) is 0 Å². The molecule has 0 spiro atoms. The van der Waals surface area contributed by atoms with Gasteiger partial charge < -0.3 is 9.05 Å². The quantitative estimate of drug-likeness (QED) is 0.201. The molecule has 1 aliphatic rings. The highest BCUT2D eigenvalue weighted by Gasteiger charge is 2.43. The van der Waals surface area contributed by atoms with E-state index < -0.39 is 16.4 Å². The summed E-state index contributed by atoms with van der Waals surface area (Å²) >= 11 is 0. The van der Waals surface area contributed by atoms with Crippen molar-refractivity contribution in [2.75, 3.05) is 7.05 Å². The van der Waals surface area contributed by atoms with Gasteiger partial charge in [-0.25, -0.2) is 4.67 Å². The van der Waals surface area contributed by atoms with E-state index in [9.17, 15) is 0 Å². The fraction of sp³-hybridized carbons (Fsp3) is 0.0938. The molecule has 0 unspecified atom stereocenters. The Hall–Kier alpha value is -2.70. The van der Waals surface area contributed by atoms with E-state index in [-0.39, 0.29) is 6.04 Å². The standard InChI is InChI=1S/C32H30NO2P2/c1-26(33(2)37(34-27-16-7-3-8-17-27)35-28-18-9-4-10-19-28)31-24-15-25-32(31)36(29-20-11-5-12-21-29)30-22-13-6-14-23-30/h3-26H,1-2H3/t26-/m1/s1. The van der Waals surface area contributed by atoms with Gasteiger partial charge in [0.2, 0.25) is 0 Å². The van der Waals surface area contributed by atoms with Gasteiger partial charge in [0.15, 0.2) is 0 Å². The van der Waals surface area contributed by atoms with Crippen LogP contribution in [0.25, 0.3) is 0 Å². The monoisotopic (exact) mass is 522 g/mol. The highest BCUT2D eigenvalue weighted by molar-refractivity contribution is 7.76. The fourth-order valence-electron chi connectivity index (χ4n) is 4.20. The Balaban J connectivity index is 1.42. The fourth-order valence-corrected chi connectivity index (χ4v) is 8.05. The number of hydrogen-bond donors (Lipinski definition) is 0. The first-order valence-corrected chi connectivity index (χ1v) is 14.8. The molecule has 5 radical (unpaired) electrons. The zero-order chi connectivity index (χ0) is 25.5. The maximum atomic E-state index is 6.44. The molecule has 4 aromatic carbocycles. The van der Waals surface area contributed by atoms with E-state index in [0.717, 1.165) is 11.5 Å². The van der Waals surface area contributed by atoms with Crippen LogP contribution >= 0.6 is 16.4 Å². The molecule has 0 amide bonds. The summed E-state index contributed by atoms with van der Waals surface area (Å²) in [4.78, 5) is 0. The van der Waals surface area contributed by atoms with Crippen molar-refractivity contribution in [2.24, 2.45) is 0 Å². The second kappa shape index (κ2) is 12.7. The Labute approximate surface area is 224 Å². The molecule has 37 heavy (non-hydrogen) atoms. The predicted molar refractivity (Wildman–Crippen MR) is 157 cm³/mol. The molecule has 185 valence electrons. The molecular weight excluding hydrogens is 492 g/mol. The van der Waals surface area contributed by atoms with Gasteiger partial charge in [-0.2, -0.15) is 0 Å². The lowest BCUT2D eigenvalue weighted by atomic mass is 10.00. The second-order valence-corrected chi connectivity index (χ2v) is 12.3. The summed E-state index contributed by atoms with van der Waals surface area (Å²) < 4.78 is 15.1. The van der Waals surface area contributed by atoms with Crippen molar-refractivity contribution in [3.63, 3.8) is 0 Å². The minimum atomic E-state index is -1.42. The van der Waals surface area contributed by atoms with Crippen molar-refractivity contribution >= 4 is 27.1 Å². The van der Waals surface area contributed by atoms with E-state index >= 15 is 0 Å². The molecular formula is C32H30NO2P2. The SMILES string of the molecule is C[C@H]([C]1[CH][CH][CH][C]1P(c1ccccc1)c1ccccc1)N(C)P(Oc1ccccc1)Oc1ccccc1. The van der Waals surface area contributed by atoms with Crippen molar-refractivity contribution in [1.82, 2.24) is 4.67 Å². The lowest BCUT2D eigenvalue weighted by Gasteiger charge is -2.37. The third kappa shape index (κ3) is 6.42. The van der Waals surface area contributed by atoms with E-state index in [4.69, 9.17) is 9.05 Å². The molecule has 3 nitrogen and oxygen atoms in total. The van der Waals surface area contributed by atoms with Crippen LogP contribution in [0.5, 0.6) is 11.5 Å². The van der Waals surface area contributed by atoms with Gasteiger partial charge in [-0.3, -0.25) is 0 Å². The molecule has 0 bridgehead atoms. The summed E-state index contributed by atoms with van der Waals surface area (Å²) in [5, 5.41) is 2.68. The van der Waals surface area contributed by atoms with Crippen LogP contribution in [-0.2, 0) is 0 Å². The van der Waals surface area contributed by atoms with Crippen LogP contribution in [0.2, 0.25) is 0 Å². The summed E-state index contributed by atoms with van der Waals surface area (Å²) in [5.74, 6) is 2.88. The van der Waals surface area contributed by atoms with Crippen LogP contribution in [0.4, 0.5) is 0 Å². The van der Waals surface area contributed by atoms with E-state index in [2.05, 4.69) is 98.6 Å². The van der Waals surface area contributed by atoms with Crippen LogP contribution in [0.15, 0.2) is 121 Å². The number of rotatable bonds is 10. The normalized spacial score (nSPS) is 15.4. The summed E-state index contributed by atoms with van der Waals surface area (Å²) in [6, 6.07) is 41.5. The lowest BCUT2D eigenvalue weighted by molar-refractivity contribution is 0.349. The molecule has 5 heteroatoms. The van der Waals surface area contributed by atoms with E-state index in [1.165, 1.54) is 22.2 Å². The van der Waals surface area contributed by atoms with Crippen molar-refractivity contribution in [2.45, 2.75) is 13.0 Å². The Morgan fingerprint density at radius 3 is 1.49 bits per heavy atom. The average molecular weight is 523 g/mol. The van der Waals surface area contributed by atoms with Gasteiger partial charge in [-0.1, -0.05) is 97.1 Å². The summed E-state index contributed by atoms with van der Waals surface area (Å²) in [6.45, 7) is 2.24. The average Bonchev–Trinajstić information content (AvgIpc) is 3.44. The van der Waals surface area contributed by atoms with Crippen LogP contribution in [-0.4, -0.2) is 17.8 Å². The first kappa shape index (κ1) is 25.9. The largest absolute Gasteiger partial charge is 0.427 e. The Morgan fingerprint density at radius 1 is 0.595 bits per heavy atom. The third-order valence-electron chi connectivity index (χ3n) is 6.22. The number of hydrogen-bond acceptors (Lipinski definition) is 3. The minimum Gasteiger partial charge on any atom is -0.427 e. The molecule has 5 rings (SSSR count). The third-order valence-corrected chi connectivity index (χ3v) is 10.3. The molecule has 4 aromatic rings. The van der Waals surface area contributed by atoms with Crippen molar-refractivity contribution in [3.05, 3.63) is 152 Å². The lowest BCUT2D eigenvalue weighted by Crippen LogP contribution is -2.35. The Bertz CT molecular complexity index is 1130. The van der Waals surface area contributed by atoms with Crippen LogP contribution < -0.4 is 19.7 Å². The van der Waals surface area contributed by atoms with Gasteiger partial charge >= 0.3 is 8.53 Å². The highest BCUT2D eigenvalue weighted by atomic mass is 31.2. The molecule has 0 aromatic heterocycles. The second-order valence-electron chi connectivity index (χ2n) is 8.67. The molecule has 1 fully saturated rings. The predicted octanol–water partition coefficient (Wildman–Crippen LogP) is 7.56. The summed E-state index contributed by atoms with van der Waals surface area (Å²) in [7, 11) is -0.0321. The van der Waals surface area contributed by atoms with Crippen molar-refractivity contribution in [1.29, 1.82) is 0 Å². The molecule has 0 saturated heterocycles. The van der Waals surface area contributed by atoms with Gasteiger partial charge in [-0.15, -0.1) is 0 Å². The highest BCUT2D eigenvalue weighted by Crippen LogP contribution is 2.58. The number of benzene rings is 4. The topological polar surface area (TPSA) is 21.7 Å². The van der Waals surface area contributed by atoms with E-state index in [1.807, 2.05) is 60.7 Å². The summed E-state index contributed by atoms with van der Waals surface area (Å²) in [6.07, 6.45) is 6.70. The summed E-state index contributed by atoms with van der Waals surface area (Å²) in [5.41, 5.74) is 1.36. The zero-order valence-corrected chi connectivity index (χ0v) is 22.8. The van der Waals surface area contributed by atoms with Crippen molar-refractivity contribution < 1.29 is 9.05 Å². The molecule has 0 heterocycles. The van der Waals surface area contributed by atoms with E-state index in [0.29, 0.717) is 0 Å². The molecule has 1 saturated carbocycles. The first-order chi connectivity index (χ1) is 18.2. The van der Waals surface area contributed by atoms with Crippen LogP contribution in [0.1, 0.15) is 6.92 Å². The molecule has 0 aliphatic heterocycles. The number of nitrogens with zero attached hydrogens (tertiary/aromatic N) is 1. The Morgan fingerprint density at radius 2 is 1.03 bits per heavy atom. The molecule has 0 N–H and O–H groups in total. The zero-order valence-electron chi connectivity index (χ0n) is 21.0. The minimum absolute atomic E-state index is 0.0703. The van der Waals surface area contributed by atoms with Gasteiger partial charge in [0.25, 0.3) is 0 Å². The maximum Gasteiger partial charge on any atom is 0.384 e. The van der Waals surface area contributed by atoms with Gasteiger partial charge in [-0.05, 0) is 76.0 Å². The van der Waals surface area contributed by atoms with Crippen molar-refractivity contribution in [3.8, 4) is 11.5 Å².